The van der Waals surface area contributed by atoms with E-state index in [4.69, 9.17) is 0 Å². The first-order valence-electron chi connectivity index (χ1n) is 8.74. The Balaban J connectivity index is 0. The molecule has 4 heteroatoms. The standard InChI is InChI=1S/2C11H9.C2H7Ge.2ClH.Hf/c2*1-2-6-10(7-3-1)11-8-4-5-9-11;1-3-2;;;/h2*1-4,6-8H,5H2;3H,1-2H3;2*1H;/q2*-1;;;;+4/p-2. The molecule has 2 aliphatic carbocycles. The second-order valence-corrected chi connectivity index (χ2v) is 8.13. The van der Waals surface area contributed by atoms with Gasteiger partial charge in [-0.2, -0.15) is 35.5 Å². The van der Waals surface area contributed by atoms with Gasteiger partial charge in [-0.05, 0) is 0 Å². The van der Waals surface area contributed by atoms with Crippen LogP contribution in [0, 0.1) is 12.2 Å². The Bertz CT molecular complexity index is 685. The van der Waals surface area contributed by atoms with Crippen molar-refractivity contribution in [3.05, 3.63) is 108 Å². The molecule has 0 atom stereocenters. The van der Waals surface area contributed by atoms with Crippen molar-refractivity contribution >= 4 is 26.6 Å². The zero-order valence-electron chi connectivity index (χ0n) is 16.3. The summed E-state index contributed by atoms with van der Waals surface area (Å²) < 4.78 is 0. The SMILES string of the molecule is [C-]1=C(c2ccccc2)C=CC1.[C-]1=C(c2ccccc2)C=CC1.[CH3][GeH][CH3].[Cl-].[Cl-].[Hf+4]. The molecule has 2 aliphatic rings. The Kier molecular flexibility index (Phi) is 19.5. The molecular weight excluding hydrogens is 610 g/mol. The third-order valence-electron chi connectivity index (χ3n) is 3.56. The topological polar surface area (TPSA) is 0 Å². The van der Waals surface area contributed by atoms with Gasteiger partial charge in [0.1, 0.15) is 0 Å². The molecule has 0 amide bonds. The van der Waals surface area contributed by atoms with Gasteiger partial charge in [0, 0.05) is 0 Å². The maximum absolute atomic E-state index is 3.28. The van der Waals surface area contributed by atoms with E-state index < -0.39 is 0 Å². The van der Waals surface area contributed by atoms with Crippen molar-refractivity contribution < 1.29 is 50.7 Å². The fourth-order valence-electron chi connectivity index (χ4n) is 2.44. The van der Waals surface area contributed by atoms with E-state index in [0.717, 1.165) is 12.8 Å². The van der Waals surface area contributed by atoms with Crippen LogP contribution in [0.1, 0.15) is 24.0 Å². The minimum absolute atomic E-state index is 0. The van der Waals surface area contributed by atoms with E-state index in [1.165, 1.54) is 22.3 Å². The van der Waals surface area contributed by atoms with Crippen molar-refractivity contribution in [2.24, 2.45) is 0 Å². The quantitative estimate of drug-likeness (QED) is 0.327. The molecule has 0 bridgehead atoms. The van der Waals surface area contributed by atoms with Gasteiger partial charge < -0.3 is 24.8 Å². The summed E-state index contributed by atoms with van der Waals surface area (Å²) in [6.07, 6.45) is 17.0. The Hall–Kier alpha value is -0.607. The van der Waals surface area contributed by atoms with Crippen molar-refractivity contribution in [3.8, 4) is 0 Å². The average molecular weight is 635 g/mol. The number of hydrogen-bond acceptors (Lipinski definition) is 0. The predicted molar refractivity (Wildman–Crippen MR) is 113 cm³/mol. The molecule has 1 radical (unpaired) electrons. The molecule has 0 fully saturated rings. The van der Waals surface area contributed by atoms with Gasteiger partial charge in [0.2, 0.25) is 0 Å². The monoisotopic (exact) mass is 637 g/mol. The number of rotatable bonds is 2. The van der Waals surface area contributed by atoms with Gasteiger partial charge in [-0.15, -0.1) is 47.5 Å². The minimum Gasteiger partial charge on any atom is -1.00 e. The van der Waals surface area contributed by atoms with Crippen LogP contribution in [-0.4, -0.2) is 15.4 Å². The zero-order chi connectivity index (χ0) is 17.7. The van der Waals surface area contributed by atoms with Crippen molar-refractivity contribution in [2.45, 2.75) is 24.4 Å². The third kappa shape index (κ3) is 10.8. The Morgan fingerprint density at radius 2 is 0.964 bits per heavy atom. The normalized spacial score (nSPS) is 12.5. The summed E-state index contributed by atoms with van der Waals surface area (Å²) >= 11 is 0.312. The third-order valence-corrected chi connectivity index (χ3v) is 3.56. The maximum Gasteiger partial charge on any atom is 4.00 e. The van der Waals surface area contributed by atoms with Crippen LogP contribution in [-0.2, 0) is 25.8 Å². The van der Waals surface area contributed by atoms with E-state index >= 15 is 0 Å². The summed E-state index contributed by atoms with van der Waals surface area (Å²) in [4.78, 5) is 0. The van der Waals surface area contributed by atoms with Crippen LogP contribution in [0.4, 0.5) is 0 Å². The van der Waals surface area contributed by atoms with Crippen LogP contribution in [0.25, 0.3) is 11.1 Å². The summed E-state index contributed by atoms with van der Waals surface area (Å²) in [5.74, 6) is 4.56. The van der Waals surface area contributed by atoms with E-state index in [2.05, 4.69) is 96.5 Å². The first-order valence-corrected chi connectivity index (χ1v) is 13.6. The average Bonchev–Trinajstić information content (AvgIpc) is 3.39. The van der Waals surface area contributed by atoms with E-state index in [1.54, 1.807) is 0 Å². The fourth-order valence-corrected chi connectivity index (χ4v) is 2.44. The first-order chi connectivity index (χ1) is 12.3. The molecule has 0 N–H and O–H groups in total. The van der Waals surface area contributed by atoms with Crippen LogP contribution in [0.5, 0.6) is 0 Å². The number of benzene rings is 2. The van der Waals surface area contributed by atoms with Crippen molar-refractivity contribution in [1.82, 2.24) is 0 Å². The van der Waals surface area contributed by atoms with Crippen LogP contribution >= 0.6 is 0 Å². The van der Waals surface area contributed by atoms with Crippen LogP contribution in [0.2, 0.25) is 11.5 Å². The summed E-state index contributed by atoms with van der Waals surface area (Å²) in [6, 6.07) is 20.7. The molecule has 0 heterocycles. The number of allylic oxidation sites excluding steroid dienone is 8. The van der Waals surface area contributed by atoms with Crippen molar-refractivity contribution in [3.63, 3.8) is 0 Å². The Labute approximate surface area is 208 Å². The van der Waals surface area contributed by atoms with Gasteiger partial charge >= 0.3 is 52.8 Å². The second kappa shape index (κ2) is 18.4. The number of hydrogen-bond donors (Lipinski definition) is 0. The van der Waals surface area contributed by atoms with E-state index in [-0.39, 0.29) is 50.7 Å². The molecule has 4 rings (SSSR count). The molecule has 0 nitrogen and oxygen atoms in total. The summed E-state index contributed by atoms with van der Waals surface area (Å²) in [5, 5.41) is 0. The molecular formula is C24H25Cl2GeHf. The number of halogens is 2. The molecule has 0 spiro atoms. The molecule has 2 aromatic carbocycles. The van der Waals surface area contributed by atoms with Gasteiger partial charge in [0.25, 0.3) is 0 Å². The molecule has 0 saturated carbocycles. The van der Waals surface area contributed by atoms with Crippen molar-refractivity contribution in [1.29, 1.82) is 0 Å². The molecule has 0 aromatic heterocycles. The fraction of sp³-hybridized carbons (Fsp3) is 0.167. The Morgan fingerprint density at radius 3 is 1.21 bits per heavy atom. The summed E-state index contributed by atoms with van der Waals surface area (Å²) in [7, 11) is 0. The van der Waals surface area contributed by atoms with Gasteiger partial charge in [-0.25, -0.2) is 0 Å². The van der Waals surface area contributed by atoms with Gasteiger partial charge in [0.05, 0.1) is 0 Å². The van der Waals surface area contributed by atoms with E-state index in [9.17, 15) is 0 Å². The largest absolute Gasteiger partial charge is 4.00 e. The van der Waals surface area contributed by atoms with Crippen LogP contribution in [0.3, 0.4) is 0 Å². The van der Waals surface area contributed by atoms with Crippen LogP contribution in [0.15, 0.2) is 85.0 Å². The molecule has 0 unspecified atom stereocenters. The molecule has 0 saturated heterocycles. The first kappa shape index (κ1) is 29.6. The second-order valence-electron chi connectivity index (χ2n) is 5.70. The van der Waals surface area contributed by atoms with E-state index in [1.807, 2.05) is 12.1 Å². The zero-order valence-corrected chi connectivity index (χ0v) is 23.9. The van der Waals surface area contributed by atoms with Gasteiger partial charge in [0.15, 0.2) is 0 Å². The minimum atomic E-state index is 0. The Morgan fingerprint density at radius 1 is 0.643 bits per heavy atom. The maximum atomic E-state index is 3.28. The van der Waals surface area contributed by atoms with Crippen LogP contribution < -0.4 is 24.8 Å². The predicted octanol–water partition coefficient (Wildman–Crippen LogP) is 0.191. The van der Waals surface area contributed by atoms with Crippen molar-refractivity contribution in [2.75, 3.05) is 0 Å². The molecule has 143 valence electrons. The molecule has 2 aromatic rings. The molecule has 0 aliphatic heterocycles. The smallest absolute Gasteiger partial charge is 1.00 e. The van der Waals surface area contributed by atoms with Gasteiger partial charge in [-0.1, -0.05) is 49.2 Å². The van der Waals surface area contributed by atoms with Gasteiger partial charge in [-0.3, -0.25) is 0 Å². The summed E-state index contributed by atoms with van der Waals surface area (Å²) in [6.45, 7) is 0. The van der Waals surface area contributed by atoms with E-state index in [0.29, 0.717) is 15.4 Å². The summed E-state index contributed by atoms with van der Waals surface area (Å²) in [5.41, 5.74) is 4.98. The molecule has 28 heavy (non-hydrogen) atoms.